The number of nitrogens with one attached hydrogen (secondary N) is 1. The Hall–Kier alpha value is -3.17. The highest BCUT2D eigenvalue weighted by Crippen LogP contribution is 2.38. The highest BCUT2D eigenvalue weighted by molar-refractivity contribution is 6.04. The second-order valence-corrected chi connectivity index (χ2v) is 8.04. The standard InChI is InChI=1S/C20H23FN4O5/c1-10-9-24(20(28)29)5-3-13(10)11(2)25-6-4-16(26)17-14(21)7-12(8-15(17)25)18-22-23-19(27)30-18/h7-8,10-11,13H,3-6,9H2,1-2H3,(H,23,27)(H,28,29)/t10-,11+,13+/m1/s1. The van der Waals surface area contributed by atoms with Gasteiger partial charge in [0.1, 0.15) is 5.82 Å². The van der Waals surface area contributed by atoms with Crippen LogP contribution in [0.3, 0.4) is 0 Å². The minimum Gasteiger partial charge on any atom is -0.465 e. The van der Waals surface area contributed by atoms with Gasteiger partial charge in [-0.2, -0.15) is 0 Å². The lowest BCUT2D eigenvalue weighted by atomic mass is 9.80. The maximum atomic E-state index is 14.9. The van der Waals surface area contributed by atoms with Crippen molar-refractivity contribution in [2.45, 2.75) is 32.7 Å². The molecular weight excluding hydrogens is 395 g/mol. The van der Waals surface area contributed by atoms with Crippen LogP contribution in [0, 0.1) is 17.7 Å². The Balaban J connectivity index is 1.69. The maximum absolute atomic E-state index is 14.9. The van der Waals surface area contributed by atoms with Crippen LogP contribution in [0.2, 0.25) is 0 Å². The molecule has 0 bridgehead atoms. The van der Waals surface area contributed by atoms with Crippen molar-refractivity contribution in [1.29, 1.82) is 0 Å². The van der Waals surface area contributed by atoms with Crippen LogP contribution < -0.4 is 10.7 Å². The third-order valence-electron chi connectivity index (χ3n) is 6.28. The van der Waals surface area contributed by atoms with Crippen molar-refractivity contribution in [3.05, 3.63) is 34.1 Å². The number of fused-ring (bicyclic) bond motifs is 1. The number of halogens is 1. The van der Waals surface area contributed by atoms with E-state index in [1.807, 2.05) is 18.7 Å². The lowest BCUT2D eigenvalue weighted by Gasteiger charge is -2.45. The van der Waals surface area contributed by atoms with Gasteiger partial charge in [-0.15, -0.1) is 5.10 Å². The van der Waals surface area contributed by atoms with Crippen LogP contribution in [0.4, 0.5) is 14.9 Å². The van der Waals surface area contributed by atoms with Crippen molar-refractivity contribution in [3.8, 4) is 11.5 Å². The maximum Gasteiger partial charge on any atom is 0.434 e. The third-order valence-corrected chi connectivity index (χ3v) is 6.28. The van der Waals surface area contributed by atoms with Crippen LogP contribution in [-0.4, -0.2) is 57.8 Å². The van der Waals surface area contributed by atoms with Crippen molar-refractivity contribution in [1.82, 2.24) is 15.1 Å². The van der Waals surface area contributed by atoms with E-state index in [4.69, 9.17) is 4.42 Å². The number of anilines is 1. The summed E-state index contributed by atoms with van der Waals surface area (Å²) in [4.78, 5) is 38.4. The number of carbonyl (C=O) groups excluding carboxylic acids is 1. The molecule has 1 amide bonds. The minimum atomic E-state index is -0.922. The van der Waals surface area contributed by atoms with Gasteiger partial charge in [-0.25, -0.2) is 19.1 Å². The lowest BCUT2D eigenvalue weighted by molar-refractivity contribution is 0.0913. The van der Waals surface area contributed by atoms with Gasteiger partial charge < -0.3 is 19.3 Å². The molecule has 4 rings (SSSR count). The molecule has 2 aliphatic rings. The summed E-state index contributed by atoms with van der Waals surface area (Å²) < 4.78 is 19.8. The van der Waals surface area contributed by atoms with Crippen LogP contribution in [0.15, 0.2) is 21.3 Å². The molecule has 160 valence electrons. The average molecular weight is 418 g/mol. The van der Waals surface area contributed by atoms with Crippen LogP contribution in [-0.2, 0) is 0 Å². The molecule has 3 atom stereocenters. The van der Waals surface area contributed by atoms with Crippen molar-refractivity contribution < 1.29 is 23.5 Å². The number of hydrogen-bond donors (Lipinski definition) is 2. The zero-order chi connectivity index (χ0) is 21.6. The van der Waals surface area contributed by atoms with Crippen LogP contribution in [0.1, 0.15) is 37.0 Å². The van der Waals surface area contributed by atoms with Gasteiger partial charge in [-0.1, -0.05) is 6.92 Å². The van der Waals surface area contributed by atoms with Gasteiger partial charge in [-0.3, -0.25) is 4.79 Å². The fraction of sp³-hybridized carbons (Fsp3) is 0.500. The fourth-order valence-electron chi connectivity index (χ4n) is 4.75. The predicted molar refractivity (Wildman–Crippen MR) is 105 cm³/mol. The summed E-state index contributed by atoms with van der Waals surface area (Å²) in [5.74, 6) is -1.45. The van der Waals surface area contributed by atoms with Gasteiger partial charge in [0.05, 0.1) is 11.3 Å². The SMILES string of the molecule is C[C@@H]1CN(C(=O)O)CC[C@@H]1[C@H](C)N1CCC(=O)c2c(F)cc(-c3n[nH]c(=O)o3)cc21. The Morgan fingerprint density at radius 2 is 2.13 bits per heavy atom. The van der Waals surface area contributed by atoms with Gasteiger partial charge in [0.2, 0.25) is 5.89 Å². The Bertz CT molecular complexity index is 1050. The normalized spacial score (nSPS) is 22.7. The van der Waals surface area contributed by atoms with E-state index >= 15 is 0 Å². The average Bonchev–Trinajstić information content (AvgIpc) is 3.13. The lowest BCUT2D eigenvalue weighted by Crippen LogP contribution is -2.51. The summed E-state index contributed by atoms with van der Waals surface area (Å²) in [5.41, 5.74) is 0.753. The summed E-state index contributed by atoms with van der Waals surface area (Å²) >= 11 is 0. The minimum absolute atomic E-state index is 0.0327. The van der Waals surface area contributed by atoms with Gasteiger partial charge in [-0.05, 0) is 37.3 Å². The number of amides is 1. The fourth-order valence-corrected chi connectivity index (χ4v) is 4.75. The number of hydrogen-bond acceptors (Lipinski definition) is 6. The molecule has 3 heterocycles. The molecule has 2 N–H and O–H groups in total. The number of aromatic nitrogens is 2. The number of benzene rings is 1. The predicted octanol–water partition coefficient (Wildman–Crippen LogP) is 2.59. The number of H-pyrrole nitrogens is 1. The molecule has 0 unspecified atom stereocenters. The first-order valence-electron chi connectivity index (χ1n) is 9.93. The number of nitrogens with zero attached hydrogens (tertiary/aromatic N) is 3. The summed E-state index contributed by atoms with van der Waals surface area (Å²) in [6.07, 6.45) is -0.0350. The van der Waals surface area contributed by atoms with E-state index in [2.05, 4.69) is 10.2 Å². The Morgan fingerprint density at radius 1 is 1.37 bits per heavy atom. The Morgan fingerprint density at radius 3 is 2.77 bits per heavy atom. The first-order valence-corrected chi connectivity index (χ1v) is 9.93. The molecule has 0 saturated carbocycles. The molecule has 30 heavy (non-hydrogen) atoms. The number of Topliss-reactive ketones (excluding diaryl/α,β-unsaturated/α-hetero) is 1. The number of carboxylic acid groups (broad SMARTS) is 1. The monoisotopic (exact) mass is 418 g/mol. The molecule has 0 aliphatic carbocycles. The molecule has 1 fully saturated rings. The molecule has 0 radical (unpaired) electrons. The molecule has 2 aliphatic heterocycles. The van der Waals surface area contributed by atoms with E-state index in [1.165, 1.54) is 4.90 Å². The summed E-state index contributed by atoms with van der Waals surface area (Å²) in [6, 6.07) is 2.74. The molecule has 2 aromatic rings. The second kappa shape index (κ2) is 7.58. The number of ketones is 1. The molecule has 1 aromatic carbocycles. The zero-order valence-corrected chi connectivity index (χ0v) is 16.7. The van der Waals surface area contributed by atoms with E-state index in [-0.39, 0.29) is 47.1 Å². The molecule has 1 saturated heterocycles. The van der Waals surface area contributed by atoms with Gasteiger partial charge in [0.15, 0.2) is 5.78 Å². The Labute approximate surface area is 171 Å². The number of aromatic amines is 1. The van der Waals surface area contributed by atoms with E-state index in [0.717, 1.165) is 6.07 Å². The molecule has 0 spiro atoms. The van der Waals surface area contributed by atoms with E-state index in [1.54, 1.807) is 6.07 Å². The summed E-state index contributed by atoms with van der Waals surface area (Å²) in [5, 5.41) is 15.2. The van der Waals surface area contributed by atoms with Crippen LogP contribution in [0.5, 0.6) is 0 Å². The molecular formula is C20H23FN4O5. The molecule has 1 aromatic heterocycles. The van der Waals surface area contributed by atoms with Crippen LogP contribution >= 0.6 is 0 Å². The van der Waals surface area contributed by atoms with Gasteiger partial charge >= 0.3 is 11.8 Å². The number of likely N-dealkylation sites (tertiary alicyclic amines) is 1. The number of piperidine rings is 1. The number of carbonyl (C=O) groups is 2. The number of rotatable bonds is 3. The Kier molecular flexibility index (Phi) is 5.08. The van der Waals surface area contributed by atoms with Gasteiger partial charge in [0.25, 0.3) is 0 Å². The molecule has 9 nitrogen and oxygen atoms in total. The first kappa shape index (κ1) is 20.1. The first-order chi connectivity index (χ1) is 14.3. The highest BCUT2D eigenvalue weighted by atomic mass is 19.1. The van der Waals surface area contributed by atoms with Crippen molar-refractivity contribution in [2.75, 3.05) is 24.5 Å². The van der Waals surface area contributed by atoms with Gasteiger partial charge in [0, 0.05) is 37.7 Å². The van der Waals surface area contributed by atoms with Crippen LogP contribution in [0.25, 0.3) is 11.5 Å². The summed E-state index contributed by atoms with van der Waals surface area (Å²) in [7, 11) is 0. The topological polar surface area (TPSA) is 120 Å². The van der Waals surface area contributed by atoms with E-state index < -0.39 is 17.7 Å². The van der Waals surface area contributed by atoms with Crippen molar-refractivity contribution in [3.63, 3.8) is 0 Å². The van der Waals surface area contributed by atoms with Crippen molar-refractivity contribution in [2.24, 2.45) is 11.8 Å². The van der Waals surface area contributed by atoms with E-state index in [0.29, 0.717) is 31.7 Å². The second-order valence-electron chi connectivity index (χ2n) is 8.04. The largest absolute Gasteiger partial charge is 0.465 e. The third kappa shape index (κ3) is 3.46. The zero-order valence-electron chi connectivity index (χ0n) is 16.7. The quantitative estimate of drug-likeness (QED) is 0.786. The summed E-state index contributed by atoms with van der Waals surface area (Å²) in [6.45, 7) is 5.36. The smallest absolute Gasteiger partial charge is 0.434 e. The molecule has 10 heteroatoms. The van der Waals surface area contributed by atoms with E-state index in [9.17, 15) is 23.9 Å². The van der Waals surface area contributed by atoms with Crippen molar-refractivity contribution >= 4 is 17.6 Å². The highest BCUT2D eigenvalue weighted by Gasteiger charge is 2.37.